The zero-order chi connectivity index (χ0) is 20.9. The monoisotopic (exact) mass is 406 g/mol. The molecule has 0 saturated heterocycles. The number of nitrogens with zero attached hydrogens (tertiary/aromatic N) is 1. The Balaban J connectivity index is 1.52. The molecule has 0 atom stereocenters. The standard InChI is InChI=1S/C23H19FN2O4/c1-28-20-4-2-3-5-21(20)30-22-13-25-26-23(22)18-11-10-17(12-19(18)27)29-14-15-6-8-16(24)9-7-15/h2-13,27H,14H2,1H3,(H,25,26). The van der Waals surface area contributed by atoms with E-state index in [9.17, 15) is 9.50 Å². The fourth-order valence-electron chi connectivity index (χ4n) is 2.93. The number of benzene rings is 3. The summed E-state index contributed by atoms with van der Waals surface area (Å²) in [5.41, 5.74) is 1.84. The van der Waals surface area contributed by atoms with Crippen LogP contribution in [0, 0.1) is 5.82 Å². The van der Waals surface area contributed by atoms with Gasteiger partial charge in [0.25, 0.3) is 0 Å². The van der Waals surface area contributed by atoms with Gasteiger partial charge in [0, 0.05) is 11.6 Å². The summed E-state index contributed by atoms with van der Waals surface area (Å²) in [6, 6.07) is 18.2. The number of halogens is 1. The zero-order valence-electron chi connectivity index (χ0n) is 16.1. The van der Waals surface area contributed by atoms with Crippen LogP contribution >= 0.6 is 0 Å². The SMILES string of the molecule is COc1ccccc1Oc1cn[nH]c1-c1ccc(OCc2ccc(F)cc2)cc1O. The highest BCUT2D eigenvalue weighted by Gasteiger charge is 2.16. The summed E-state index contributed by atoms with van der Waals surface area (Å²) in [5.74, 6) is 1.73. The van der Waals surface area contributed by atoms with Gasteiger partial charge < -0.3 is 19.3 Å². The number of rotatable bonds is 7. The van der Waals surface area contributed by atoms with E-state index in [1.165, 1.54) is 24.4 Å². The predicted octanol–water partition coefficient (Wildman–Crippen LogP) is 5.30. The van der Waals surface area contributed by atoms with E-state index in [2.05, 4.69) is 10.2 Å². The first-order chi connectivity index (χ1) is 14.6. The fraction of sp³-hybridized carbons (Fsp3) is 0.0870. The second-order valence-electron chi connectivity index (χ2n) is 6.46. The fourth-order valence-corrected chi connectivity index (χ4v) is 2.93. The minimum Gasteiger partial charge on any atom is -0.507 e. The first kappa shape index (κ1) is 19.3. The molecule has 0 aliphatic heterocycles. The lowest BCUT2D eigenvalue weighted by atomic mass is 10.1. The maximum Gasteiger partial charge on any atom is 0.173 e. The molecule has 0 radical (unpaired) electrons. The maximum atomic E-state index is 13.0. The molecule has 4 rings (SSSR count). The van der Waals surface area contributed by atoms with Crippen molar-refractivity contribution in [3.05, 3.63) is 84.3 Å². The second kappa shape index (κ2) is 8.57. The van der Waals surface area contributed by atoms with E-state index in [0.717, 1.165) is 5.56 Å². The van der Waals surface area contributed by atoms with Gasteiger partial charge in [0.05, 0.1) is 13.3 Å². The number of para-hydroxylation sites is 2. The third kappa shape index (κ3) is 4.20. The molecule has 1 heterocycles. The summed E-state index contributed by atoms with van der Waals surface area (Å²) < 4.78 is 29.9. The van der Waals surface area contributed by atoms with Crippen molar-refractivity contribution in [2.75, 3.05) is 7.11 Å². The van der Waals surface area contributed by atoms with Gasteiger partial charge in [-0.3, -0.25) is 5.10 Å². The minimum absolute atomic E-state index is 0.000679. The summed E-state index contributed by atoms with van der Waals surface area (Å²) in [7, 11) is 1.56. The Labute approximate surface area is 172 Å². The van der Waals surface area contributed by atoms with Gasteiger partial charge in [0.1, 0.15) is 29.6 Å². The largest absolute Gasteiger partial charge is 0.507 e. The lowest BCUT2D eigenvalue weighted by Gasteiger charge is -2.12. The molecule has 0 bridgehead atoms. The Morgan fingerprint density at radius 3 is 2.47 bits per heavy atom. The van der Waals surface area contributed by atoms with Crippen molar-refractivity contribution in [2.45, 2.75) is 6.61 Å². The Kier molecular flexibility index (Phi) is 5.52. The highest BCUT2D eigenvalue weighted by Crippen LogP contribution is 2.39. The Hall–Kier alpha value is -4.00. The van der Waals surface area contributed by atoms with Crippen LogP contribution in [-0.2, 0) is 6.61 Å². The summed E-state index contributed by atoms with van der Waals surface area (Å²) in [6.07, 6.45) is 1.53. The normalized spacial score (nSPS) is 10.6. The number of hydrogen-bond donors (Lipinski definition) is 2. The number of phenolic OH excluding ortho intramolecular Hbond substituents is 1. The number of aromatic amines is 1. The van der Waals surface area contributed by atoms with Gasteiger partial charge in [0.2, 0.25) is 0 Å². The number of H-pyrrole nitrogens is 1. The molecule has 6 nitrogen and oxygen atoms in total. The van der Waals surface area contributed by atoms with Gasteiger partial charge in [-0.15, -0.1) is 0 Å². The minimum atomic E-state index is -0.300. The van der Waals surface area contributed by atoms with Crippen LogP contribution in [0.3, 0.4) is 0 Å². The first-order valence-electron chi connectivity index (χ1n) is 9.19. The number of hydrogen-bond acceptors (Lipinski definition) is 5. The van der Waals surface area contributed by atoms with Crippen molar-refractivity contribution in [1.29, 1.82) is 0 Å². The molecule has 3 aromatic carbocycles. The lowest BCUT2D eigenvalue weighted by Crippen LogP contribution is -1.96. The average molecular weight is 406 g/mol. The van der Waals surface area contributed by atoms with E-state index in [4.69, 9.17) is 14.2 Å². The van der Waals surface area contributed by atoms with E-state index in [-0.39, 0.29) is 18.2 Å². The third-order valence-electron chi connectivity index (χ3n) is 4.45. The van der Waals surface area contributed by atoms with Crippen LogP contribution < -0.4 is 14.2 Å². The van der Waals surface area contributed by atoms with E-state index >= 15 is 0 Å². The summed E-state index contributed by atoms with van der Waals surface area (Å²) in [4.78, 5) is 0. The van der Waals surface area contributed by atoms with Gasteiger partial charge >= 0.3 is 0 Å². The first-order valence-corrected chi connectivity index (χ1v) is 9.19. The highest BCUT2D eigenvalue weighted by atomic mass is 19.1. The molecule has 30 heavy (non-hydrogen) atoms. The zero-order valence-corrected chi connectivity index (χ0v) is 16.1. The van der Waals surface area contributed by atoms with E-state index in [1.54, 1.807) is 43.5 Å². The van der Waals surface area contributed by atoms with Crippen LogP contribution in [0.15, 0.2) is 72.9 Å². The molecule has 152 valence electrons. The topological polar surface area (TPSA) is 76.6 Å². The van der Waals surface area contributed by atoms with Crippen molar-refractivity contribution in [3.8, 4) is 40.0 Å². The Morgan fingerprint density at radius 1 is 0.967 bits per heavy atom. The molecule has 2 N–H and O–H groups in total. The van der Waals surface area contributed by atoms with Crippen molar-refractivity contribution in [2.24, 2.45) is 0 Å². The molecule has 0 spiro atoms. The van der Waals surface area contributed by atoms with Crippen LogP contribution in [0.25, 0.3) is 11.3 Å². The van der Waals surface area contributed by atoms with Crippen molar-refractivity contribution < 1.29 is 23.7 Å². The number of nitrogens with one attached hydrogen (secondary N) is 1. The number of methoxy groups -OCH3 is 1. The van der Waals surface area contributed by atoms with E-state index < -0.39 is 0 Å². The van der Waals surface area contributed by atoms with Gasteiger partial charge in [0.15, 0.2) is 17.2 Å². The number of aromatic nitrogens is 2. The molecule has 1 aromatic heterocycles. The van der Waals surface area contributed by atoms with Gasteiger partial charge in [-0.1, -0.05) is 24.3 Å². The maximum absolute atomic E-state index is 13.0. The van der Waals surface area contributed by atoms with Crippen molar-refractivity contribution in [1.82, 2.24) is 10.2 Å². The van der Waals surface area contributed by atoms with Crippen LogP contribution in [0.1, 0.15) is 5.56 Å². The average Bonchev–Trinajstić information content (AvgIpc) is 3.21. The molecule has 0 unspecified atom stereocenters. The van der Waals surface area contributed by atoms with Crippen LogP contribution in [-0.4, -0.2) is 22.4 Å². The number of ether oxygens (including phenoxy) is 3. The van der Waals surface area contributed by atoms with Gasteiger partial charge in [-0.25, -0.2) is 4.39 Å². The predicted molar refractivity (Wildman–Crippen MR) is 109 cm³/mol. The summed E-state index contributed by atoms with van der Waals surface area (Å²) in [6.45, 7) is 0.255. The molecular weight excluding hydrogens is 387 g/mol. The lowest BCUT2D eigenvalue weighted by molar-refractivity contribution is 0.304. The summed E-state index contributed by atoms with van der Waals surface area (Å²) in [5, 5.41) is 17.4. The second-order valence-corrected chi connectivity index (χ2v) is 6.46. The molecule has 4 aromatic rings. The smallest absolute Gasteiger partial charge is 0.173 e. The van der Waals surface area contributed by atoms with Crippen LogP contribution in [0.5, 0.6) is 28.7 Å². The molecular formula is C23H19FN2O4. The molecule has 7 heteroatoms. The quantitative estimate of drug-likeness (QED) is 0.435. The van der Waals surface area contributed by atoms with Gasteiger partial charge in [-0.2, -0.15) is 5.10 Å². The van der Waals surface area contributed by atoms with E-state index in [1.807, 2.05) is 12.1 Å². The Morgan fingerprint density at radius 2 is 1.73 bits per heavy atom. The van der Waals surface area contributed by atoms with E-state index in [0.29, 0.717) is 34.3 Å². The number of phenols is 1. The van der Waals surface area contributed by atoms with Crippen molar-refractivity contribution >= 4 is 0 Å². The third-order valence-corrected chi connectivity index (χ3v) is 4.45. The summed E-state index contributed by atoms with van der Waals surface area (Å²) >= 11 is 0. The molecule has 0 aliphatic carbocycles. The number of aromatic hydroxyl groups is 1. The van der Waals surface area contributed by atoms with Crippen molar-refractivity contribution in [3.63, 3.8) is 0 Å². The van der Waals surface area contributed by atoms with Crippen LogP contribution in [0.4, 0.5) is 4.39 Å². The highest BCUT2D eigenvalue weighted by molar-refractivity contribution is 5.73. The molecule has 0 aliphatic rings. The molecule has 0 saturated carbocycles. The van der Waals surface area contributed by atoms with Crippen LogP contribution in [0.2, 0.25) is 0 Å². The van der Waals surface area contributed by atoms with Gasteiger partial charge in [-0.05, 0) is 42.0 Å². The molecule has 0 amide bonds. The molecule has 0 fully saturated rings. The Bertz CT molecular complexity index is 1140.